The summed E-state index contributed by atoms with van der Waals surface area (Å²) >= 11 is 12.6. The van der Waals surface area contributed by atoms with Gasteiger partial charge in [-0.2, -0.15) is 0 Å². The van der Waals surface area contributed by atoms with Crippen molar-refractivity contribution in [2.75, 3.05) is 20.2 Å². The highest BCUT2D eigenvalue weighted by molar-refractivity contribution is 6.36. The summed E-state index contributed by atoms with van der Waals surface area (Å²) in [5.74, 6) is 1.28. The predicted molar refractivity (Wildman–Crippen MR) is 132 cm³/mol. The molecule has 0 bridgehead atoms. The van der Waals surface area contributed by atoms with Gasteiger partial charge in [-0.25, -0.2) is 0 Å². The van der Waals surface area contributed by atoms with E-state index in [-0.39, 0.29) is 5.91 Å². The summed E-state index contributed by atoms with van der Waals surface area (Å²) in [4.78, 5) is 14.9. The number of benzene rings is 2. The number of halogens is 2. The van der Waals surface area contributed by atoms with E-state index in [9.17, 15) is 4.79 Å². The lowest BCUT2D eigenvalue weighted by Gasteiger charge is -2.30. The van der Waals surface area contributed by atoms with Crippen LogP contribution in [0.5, 0.6) is 5.75 Å². The smallest absolute Gasteiger partial charge is 0.246 e. The van der Waals surface area contributed by atoms with E-state index in [2.05, 4.69) is 6.92 Å². The molecule has 1 fully saturated rings. The Bertz CT molecular complexity index is 1210. The third-order valence-electron chi connectivity index (χ3n) is 6.20. The van der Waals surface area contributed by atoms with Gasteiger partial charge in [0.25, 0.3) is 0 Å². The Kier molecular flexibility index (Phi) is 6.55. The summed E-state index contributed by atoms with van der Waals surface area (Å²) in [6.07, 6.45) is 5.65. The van der Waals surface area contributed by atoms with Gasteiger partial charge in [0, 0.05) is 51.8 Å². The van der Waals surface area contributed by atoms with E-state index < -0.39 is 0 Å². The number of nitrogens with zero attached hydrogens (tertiary/aromatic N) is 1. The van der Waals surface area contributed by atoms with Gasteiger partial charge in [-0.15, -0.1) is 0 Å². The molecule has 1 atom stereocenters. The molecule has 2 heterocycles. The molecule has 0 radical (unpaired) electrons. The molecule has 1 amide bonds. The number of hydrogen-bond acceptors (Lipinski definition) is 3. The standard InChI is InChI=1S/C26H27Cl2NO3/c1-15-6-5-9-29(13-15)24(30)10-16(2)20-12-21-22(19-8-7-18(27)11-23(19)28)14-32-26(21)17(3)25(20)31-4/h7-8,10-12,14-15H,5-6,9,13H2,1-4H3/b16-10+. The predicted octanol–water partition coefficient (Wildman–Crippen LogP) is 7.39. The molecule has 2 aromatic carbocycles. The maximum atomic E-state index is 13.0. The second kappa shape index (κ2) is 9.21. The number of likely N-dealkylation sites (tertiary alicyclic amines) is 1. The lowest BCUT2D eigenvalue weighted by atomic mass is 9.96. The van der Waals surface area contributed by atoms with Crippen LogP contribution < -0.4 is 4.74 Å². The van der Waals surface area contributed by atoms with Crippen molar-refractivity contribution in [3.63, 3.8) is 0 Å². The lowest BCUT2D eigenvalue weighted by molar-refractivity contribution is -0.127. The van der Waals surface area contributed by atoms with Gasteiger partial charge in [-0.05, 0) is 56.4 Å². The van der Waals surface area contributed by atoms with Crippen LogP contribution in [0.15, 0.2) is 41.0 Å². The van der Waals surface area contributed by atoms with Crippen LogP contribution in [0.4, 0.5) is 0 Å². The van der Waals surface area contributed by atoms with Crippen molar-refractivity contribution in [2.45, 2.75) is 33.6 Å². The number of furan rings is 1. The largest absolute Gasteiger partial charge is 0.496 e. The van der Waals surface area contributed by atoms with Crippen molar-refractivity contribution in [3.8, 4) is 16.9 Å². The van der Waals surface area contributed by atoms with Crippen LogP contribution in [0.1, 0.15) is 37.8 Å². The lowest BCUT2D eigenvalue weighted by Crippen LogP contribution is -2.38. The number of fused-ring (bicyclic) bond motifs is 1. The molecular formula is C26H27Cl2NO3. The first kappa shape index (κ1) is 22.8. The minimum absolute atomic E-state index is 0.0435. The van der Waals surface area contributed by atoms with E-state index in [0.29, 0.717) is 21.7 Å². The molecule has 1 aliphatic rings. The molecule has 0 N–H and O–H groups in total. The van der Waals surface area contributed by atoms with E-state index in [1.807, 2.05) is 36.9 Å². The van der Waals surface area contributed by atoms with E-state index >= 15 is 0 Å². The van der Waals surface area contributed by atoms with Gasteiger partial charge < -0.3 is 14.1 Å². The third kappa shape index (κ3) is 4.26. The summed E-state index contributed by atoms with van der Waals surface area (Å²) in [7, 11) is 1.64. The third-order valence-corrected chi connectivity index (χ3v) is 6.75. The van der Waals surface area contributed by atoms with Crippen molar-refractivity contribution in [1.82, 2.24) is 4.90 Å². The summed E-state index contributed by atoms with van der Waals surface area (Å²) in [6, 6.07) is 7.43. The summed E-state index contributed by atoms with van der Waals surface area (Å²) in [5, 5.41) is 2.04. The average molecular weight is 472 g/mol. The molecule has 1 saturated heterocycles. The number of amides is 1. The second-order valence-corrected chi connectivity index (χ2v) is 9.44. The van der Waals surface area contributed by atoms with Crippen molar-refractivity contribution in [2.24, 2.45) is 5.92 Å². The van der Waals surface area contributed by atoms with Crippen LogP contribution in [-0.2, 0) is 4.79 Å². The first-order valence-corrected chi connectivity index (χ1v) is 11.6. The highest BCUT2D eigenvalue weighted by Crippen LogP contribution is 2.42. The fraction of sp³-hybridized carbons (Fsp3) is 0.346. The maximum absolute atomic E-state index is 13.0. The summed E-state index contributed by atoms with van der Waals surface area (Å²) in [5.41, 5.74) is 5.04. The zero-order valence-electron chi connectivity index (χ0n) is 18.8. The molecule has 6 heteroatoms. The van der Waals surface area contributed by atoms with Crippen LogP contribution in [0.3, 0.4) is 0 Å². The van der Waals surface area contributed by atoms with E-state index in [1.165, 1.54) is 6.42 Å². The first-order valence-electron chi connectivity index (χ1n) is 10.8. The monoisotopic (exact) mass is 471 g/mol. The van der Waals surface area contributed by atoms with Gasteiger partial charge in [0.2, 0.25) is 5.91 Å². The second-order valence-electron chi connectivity index (χ2n) is 8.59. The van der Waals surface area contributed by atoms with Crippen molar-refractivity contribution in [3.05, 3.63) is 57.8 Å². The normalized spacial score (nSPS) is 17.1. The molecule has 0 aliphatic carbocycles. The highest BCUT2D eigenvalue weighted by Gasteiger charge is 2.22. The molecule has 3 aromatic rings. The zero-order valence-corrected chi connectivity index (χ0v) is 20.3. The molecule has 4 rings (SSSR count). The summed E-state index contributed by atoms with van der Waals surface area (Å²) < 4.78 is 11.7. The van der Waals surface area contributed by atoms with Crippen molar-refractivity contribution >= 4 is 45.7 Å². The molecular weight excluding hydrogens is 445 g/mol. The Balaban J connectivity index is 1.81. The number of methoxy groups -OCH3 is 1. The molecule has 32 heavy (non-hydrogen) atoms. The Hall–Kier alpha value is -2.43. The Morgan fingerprint density at radius 1 is 1.25 bits per heavy atom. The van der Waals surface area contributed by atoms with Crippen LogP contribution >= 0.6 is 23.2 Å². The van der Waals surface area contributed by atoms with Crippen LogP contribution in [0.2, 0.25) is 10.0 Å². The van der Waals surface area contributed by atoms with E-state index in [4.69, 9.17) is 32.4 Å². The number of hydrogen-bond donors (Lipinski definition) is 0. The number of allylic oxidation sites excluding steroid dienone is 1. The zero-order chi connectivity index (χ0) is 23.0. The molecule has 1 aromatic heterocycles. The topological polar surface area (TPSA) is 42.7 Å². The molecule has 1 aliphatic heterocycles. The minimum Gasteiger partial charge on any atom is -0.496 e. The van der Waals surface area contributed by atoms with Gasteiger partial charge in [-0.1, -0.05) is 36.2 Å². The Morgan fingerprint density at radius 2 is 2.03 bits per heavy atom. The number of rotatable bonds is 4. The molecule has 0 saturated carbocycles. The van der Waals surface area contributed by atoms with Crippen LogP contribution in [-0.4, -0.2) is 31.0 Å². The number of ether oxygens (including phenoxy) is 1. The molecule has 0 spiro atoms. The molecule has 4 nitrogen and oxygen atoms in total. The number of carbonyl (C=O) groups is 1. The first-order chi connectivity index (χ1) is 15.3. The SMILES string of the molecule is COc1c(/C(C)=C/C(=O)N2CCCC(C)C2)cc2c(-c3ccc(Cl)cc3Cl)coc2c1C. The minimum atomic E-state index is 0.0435. The van der Waals surface area contributed by atoms with E-state index in [0.717, 1.165) is 58.3 Å². The number of aryl methyl sites for hydroxylation is 1. The fourth-order valence-electron chi connectivity index (χ4n) is 4.53. The van der Waals surface area contributed by atoms with Crippen molar-refractivity contribution < 1.29 is 13.9 Å². The highest BCUT2D eigenvalue weighted by atomic mass is 35.5. The Morgan fingerprint density at radius 3 is 2.72 bits per heavy atom. The Labute approximate surface area is 198 Å². The van der Waals surface area contributed by atoms with Crippen molar-refractivity contribution in [1.29, 1.82) is 0 Å². The number of carbonyl (C=O) groups excluding carboxylic acids is 1. The fourth-order valence-corrected chi connectivity index (χ4v) is 5.04. The van der Waals surface area contributed by atoms with Gasteiger partial charge >= 0.3 is 0 Å². The molecule has 168 valence electrons. The average Bonchev–Trinajstić information content (AvgIpc) is 3.17. The quantitative estimate of drug-likeness (QED) is 0.372. The van der Waals surface area contributed by atoms with Crippen LogP contribution in [0.25, 0.3) is 27.7 Å². The van der Waals surface area contributed by atoms with Gasteiger partial charge in [0.15, 0.2) is 0 Å². The van der Waals surface area contributed by atoms with Gasteiger partial charge in [0.1, 0.15) is 11.3 Å². The summed E-state index contributed by atoms with van der Waals surface area (Å²) in [6.45, 7) is 7.72. The van der Waals surface area contributed by atoms with Gasteiger partial charge in [-0.3, -0.25) is 4.79 Å². The van der Waals surface area contributed by atoms with E-state index in [1.54, 1.807) is 25.5 Å². The van der Waals surface area contributed by atoms with Gasteiger partial charge in [0.05, 0.1) is 18.4 Å². The van der Waals surface area contributed by atoms with Crippen LogP contribution in [0, 0.1) is 12.8 Å². The molecule has 1 unspecified atom stereocenters. The number of piperidine rings is 1. The maximum Gasteiger partial charge on any atom is 0.246 e.